The highest BCUT2D eigenvalue weighted by molar-refractivity contribution is 5.84. The van der Waals surface area contributed by atoms with Crippen molar-refractivity contribution < 1.29 is 4.79 Å². The predicted octanol–water partition coefficient (Wildman–Crippen LogP) is 2.91. The predicted molar refractivity (Wildman–Crippen MR) is 63.9 cm³/mol. The third-order valence-electron chi connectivity index (χ3n) is 3.60. The number of rotatable bonds is 2. The highest BCUT2D eigenvalue weighted by atomic mass is 16.1. The van der Waals surface area contributed by atoms with Gasteiger partial charge in [0.15, 0.2) is 0 Å². The molecule has 0 unspecified atom stereocenters. The number of fused-ring (bicyclic) bond motifs is 1. The Morgan fingerprint density at radius 2 is 1.93 bits per heavy atom. The molecule has 0 aromatic heterocycles. The van der Waals surface area contributed by atoms with E-state index in [1.807, 2.05) is 20.8 Å². The van der Waals surface area contributed by atoms with Crippen LogP contribution in [0.5, 0.6) is 0 Å². The molecule has 1 aliphatic carbocycles. The molecule has 0 radical (unpaired) electrons. The molecule has 0 amide bonds. The summed E-state index contributed by atoms with van der Waals surface area (Å²) in [5.41, 5.74) is 0. The minimum Gasteiger partial charge on any atom is -0.304 e. The number of carbonyl (C=O) groups excluding carboxylic acids is 1. The molecule has 1 N–H and O–H groups in total. The lowest BCUT2D eigenvalue weighted by Gasteiger charge is -2.24. The zero-order valence-electron chi connectivity index (χ0n) is 10.4. The standard InChI is InChI=1S/C11H19NO.C2H6/c1-2-11(13)10-7-8-5-3-4-6-9(8)12-10;1-2/h8-10,12H,2-7H2,1H3;1-2H3/t8-,9-,10-;/m0./s1. The van der Waals surface area contributed by atoms with Crippen LogP contribution in [-0.4, -0.2) is 17.9 Å². The fourth-order valence-electron chi connectivity index (χ4n) is 2.81. The van der Waals surface area contributed by atoms with Crippen molar-refractivity contribution in [3.63, 3.8) is 0 Å². The van der Waals surface area contributed by atoms with Crippen LogP contribution in [0.1, 0.15) is 59.3 Å². The molecule has 1 saturated heterocycles. The van der Waals surface area contributed by atoms with Crippen molar-refractivity contribution in [2.45, 2.75) is 71.4 Å². The van der Waals surface area contributed by atoms with Gasteiger partial charge < -0.3 is 5.32 Å². The van der Waals surface area contributed by atoms with E-state index in [0.29, 0.717) is 18.2 Å². The SMILES string of the molecule is CC.CCC(=O)[C@@H]1C[C@@H]2CCCC[C@@H]2N1. The van der Waals surface area contributed by atoms with Crippen molar-refractivity contribution in [2.75, 3.05) is 0 Å². The zero-order chi connectivity index (χ0) is 11.3. The van der Waals surface area contributed by atoms with Gasteiger partial charge in [0.05, 0.1) is 6.04 Å². The van der Waals surface area contributed by atoms with Crippen LogP contribution in [0.2, 0.25) is 0 Å². The Morgan fingerprint density at radius 1 is 1.27 bits per heavy atom. The van der Waals surface area contributed by atoms with Gasteiger partial charge in [-0.3, -0.25) is 4.79 Å². The summed E-state index contributed by atoms with van der Waals surface area (Å²) in [5.74, 6) is 1.21. The second kappa shape index (κ2) is 6.26. The second-order valence-corrected chi connectivity index (χ2v) is 4.43. The molecule has 88 valence electrons. The summed E-state index contributed by atoms with van der Waals surface area (Å²) in [5, 5.41) is 3.49. The first-order chi connectivity index (χ1) is 7.31. The second-order valence-electron chi connectivity index (χ2n) is 4.43. The van der Waals surface area contributed by atoms with Gasteiger partial charge in [-0.25, -0.2) is 0 Å². The summed E-state index contributed by atoms with van der Waals surface area (Å²) in [6.07, 6.45) is 7.15. The lowest BCUT2D eigenvalue weighted by molar-refractivity contribution is -0.120. The first-order valence-electron chi connectivity index (χ1n) is 6.60. The normalized spacial score (nSPS) is 33.9. The first kappa shape index (κ1) is 12.7. The quantitative estimate of drug-likeness (QED) is 0.761. The monoisotopic (exact) mass is 211 g/mol. The number of ketones is 1. The molecule has 0 bridgehead atoms. The fourth-order valence-corrected chi connectivity index (χ4v) is 2.81. The molecule has 0 aromatic carbocycles. The van der Waals surface area contributed by atoms with E-state index in [1.165, 1.54) is 25.7 Å². The number of carbonyl (C=O) groups is 1. The molecule has 0 aromatic rings. The van der Waals surface area contributed by atoms with Crippen molar-refractivity contribution >= 4 is 5.78 Å². The van der Waals surface area contributed by atoms with Crippen molar-refractivity contribution in [2.24, 2.45) is 5.92 Å². The smallest absolute Gasteiger partial charge is 0.149 e. The van der Waals surface area contributed by atoms with Crippen LogP contribution < -0.4 is 5.32 Å². The van der Waals surface area contributed by atoms with Gasteiger partial charge in [0.2, 0.25) is 0 Å². The Morgan fingerprint density at radius 3 is 2.53 bits per heavy atom. The molecule has 1 heterocycles. The van der Waals surface area contributed by atoms with Crippen LogP contribution in [0.3, 0.4) is 0 Å². The van der Waals surface area contributed by atoms with Gasteiger partial charge in [-0.2, -0.15) is 0 Å². The highest BCUT2D eigenvalue weighted by Gasteiger charge is 2.37. The van der Waals surface area contributed by atoms with E-state index in [1.54, 1.807) is 0 Å². The lowest BCUT2D eigenvalue weighted by Crippen LogP contribution is -2.36. The largest absolute Gasteiger partial charge is 0.304 e. The van der Waals surface area contributed by atoms with E-state index < -0.39 is 0 Å². The van der Waals surface area contributed by atoms with Crippen LogP contribution in [0, 0.1) is 5.92 Å². The Kier molecular flexibility index (Phi) is 5.30. The summed E-state index contributed by atoms with van der Waals surface area (Å²) in [6, 6.07) is 0.854. The number of nitrogens with one attached hydrogen (secondary N) is 1. The summed E-state index contributed by atoms with van der Waals surface area (Å²) >= 11 is 0. The Balaban J connectivity index is 0.000000531. The molecule has 3 atom stereocenters. The lowest BCUT2D eigenvalue weighted by atomic mass is 9.85. The van der Waals surface area contributed by atoms with Crippen molar-refractivity contribution in [1.82, 2.24) is 5.32 Å². The molecule has 15 heavy (non-hydrogen) atoms. The number of Topliss-reactive ketones (excluding diaryl/α,β-unsaturated/α-hetero) is 1. The molecule has 2 aliphatic rings. The molecule has 1 aliphatic heterocycles. The maximum absolute atomic E-state index is 11.5. The number of hydrogen-bond acceptors (Lipinski definition) is 2. The summed E-state index contributed by atoms with van der Waals surface area (Å²) < 4.78 is 0. The molecule has 1 saturated carbocycles. The third-order valence-corrected chi connectivity index (χ3v) is 3.60. The van der Waals surface area contributed by atoms with Gasteiger partial charge >= 0.3 is 0 Å². The molecule has 2 heteroatoms. The van der Waals surface area contributed by atoms with E-state index in [9.17, 15) is 4.79 Å². The van der Waals surface area contributed by atoms with Crippen molar-refractivity contribution in [3.05, 3.63) is 0 Å². The number of hydrogen-bond donors (Lipinski definition) is 1. The Hall–Kier alpha value is -0.370. The summed E-state index contributed by atoms with van der Waals surface area (Å²) in [7, 11) is 0. The minimum absolute atomic E-state index is 0.193. The Bertz CT molecular complexity index is 189. The maximum Gasteiger partial charge on any atom is 0.149 e. The first-order valence-corrected chi connectivity index (χ1v) is 6.60. The molecular formula is C13H25NO. The highest BCUT2D eigenvalue weighted by Crippen LogP contribution is 2.33. The maximum atomic E-state index is 11.5. The van der Waals surface area contributed by atoms with E-state index in [2.05, 4.69) is 5.32 Å². The van der Waals surface area contributed by atoms with Crippen LogP contribution >= 0.6 is 0 Å². The van der Waals surface area contributed by atoms with Gasteiger partial charge in [-0.15, -0.1) is 0 Å². The zero-order valence-corrected chi connectivity index (χ0v) is 10.4. The average molecular weight is 211 g/mol. The molecule has 2 fully saturated rings. The molecule has 2 rings (SSSR count). The van der Waals surface area contributed by atoms with E-state index >= 15 is 0 Å². The van der Waals surface area contributed by atoms with Crippen molar-refractivity contribution in [3.8, 4) is 0 Å². The summed E-state index contributed by atoms with van der Waals surface area (Å²) in [6.45, 7) is 5.96. The van der Waals surface area contributed by atoms with Gasteiger partial charge in [0.25, 0.3) is 0 Å². The third kappa shape index (κ3) is 3.04. The van der Waals surface area contributed by atoms with E-state index in [-0.39, 0.29) is 6.04 Å². The van der Waals surface area contributed by atoms with Crippen LogP contribution in [0.25, 0.3) is 0 Å². The van der Waals surface area contributed by atoms with Crippen LogP contribution in [0.4, 0.5) is 0 Å². The van der Waals surface area contributed by atoms with Gasteiger partial charge in [-0.1, -0.05) is 33.6 Å². The van der Waals surface area contributed by atoms with Gasteiger partial charge in [0.1, 0.15) is 5.78 Å². The molecular weight excluding hydrogens is 186 g/mol. The Labute approximate surface area is 93.8 Å². The van der Waals surface area contributed by atoms with Gasteiger partial charge in [-0.05, 0) is 25.2 Å². The van der Waals surface area contributed by atoms with E-state index in [4.69, 9.17) is 0 Å². The molecule has 0 spiro atoms. The van der Waals surface area contributed by atoms with Gasteiger partial charge in [0, 0.05) is 12.5 Å². The topological polar surface area (TPSA) is 29.1 Å². The van der Waals surface area contributed by atoms with Crippen molar-refractivity contribution in [1.29, 1.82) is 0 Å². The minimum atomic E-state index is 0.193. The molecule has 2 nitrogen and oxygen atoms in total. The summed E-state index contributed by atoms with van der Waals surface area (Å²) in [4.78, 5) is 11.5. The fraction of sp³-hybridized carbons (Fsp3) is 0.923. The average Bonchev–Trinajstić information content (AvgIpc) is 2.74. The van der Waals surface area contributed by atoms with E-state index in [0.717, 1.165) is 12.3 Å². The van der Waals surface area contributed by atoms with Crippen LogP contribution in [-0.2, 0) is 4.79 Å². The van der Waals surface area contributed by atoms with Crippen LogP contribution in [0.15, 0.2) is 0 Å².